The van der Waals surface area contributed by atoms with Crippen LogP contribution in [0.5, 0.6) is 5.75 Å². The Morgan fingerprint density at radius 2 is 1.79 bits per heavy atom. The molecule has 108 valence electrons. The number of benzene rings is 1. The summed E-state index contributed by atoms with van der Waals surface area (Å²) in [6.45, 7) is 5.32. The fraction of sp³-hybridized carbons (Fsp3) is 0.647. The molecule has 1 aromatic rings. The van der Waals surface area contributed by atoms with Gasteiger partial charge in [0.25, 0.3) is 0 Å². The lowest BCUT2D eigenvalue weighted by Gasteiger charge is -2.19. The summed E-state index contributed by atoms with van der Waals surface area (Å²) < 4.78 is 5.72. The summed E-state index contributed by atoms with van der Waals surface area (Å²) in [6.07, 6.45) is 5.98. The van der Waals surface area contributed by atoms with Crippen molar-refractivity contribution in [1.82, 2.24) is 4.90 Å². The highest BCUT2D eigenvalue weighted by atomic mass is 16.5. The lowest BCUT2D eigenvalue weighted by molar-refractivity contribution is 0.298. The predicted molar refractivity (Wildman–Crippen MR) is 82.9 cm³/mol. The maximum absolute atomic E-state index is 5.72. The Morgan fingerprint density at radius 3 is 2.37 bits per heavy atom. The standard InChI is InChI=1S/C17H29NO/c1-5-6-7-14-19-17-12-10-16(11-13-17)9-8-15(2)18(3)4/h10-13,15H,5-9,14H2,1-4H3. The third kappa shape index (κ3) is 6.63. The molecule has 0 aliphatic rings. The first-order valence-corrected chi connectivity index (χ1v) is 7.51. The van der Waals surface area contributed by atoms with Crippen molar-refractivity contribution in [1.29, 1.82) is 0 Å². The number of nitrogens with zero attached hydrogens (tertiary/aromatic N) is 1. The van der Waals surface area contributed by atoms with Gasteiger partial charge in [0.05, 0.1) is 6.61 Å². The SMILES string of the molecule is CCCCCOc1ccc(CCC(C)N(C)C)cc1. The lowest BCUT2D eigenvalue weighted by Crippen LogP contribution is -2.24. The summed E-state index contributed by atoms with van der Waals surface area (Å²) in [6, 6.07) is 9.21. The molecule has 0 bridgehead atoms. The van der Waals surface area contributed by atoms with Crippen molar-refractivity contribution in [3.8, 4) is 5.75 Å². The Labute approximate surface area is 118 Å². The van der Waals surface area contributed by atoms with Gasteiger partial charge in [-0.3, -0.25) is 0 Å². The van der Waals surface area contributed by atoms with E-state index in [1.165, 1.54) is 24.8 Å². The fourth-order valence-electron chi connectivity index (χ4n) is 1.93. The van der Waals surface area contributed by atoms with Gasteiger partial charge in [-0.2, -0.15) is 0 Å². The molecule has 1 rings (SSSR count). The van der Waals surface area contributed by atoms with Crippen molar-refractivity contribution in [3.63, 3.8) is 0 Å². The highest BCUT2D eigenvalue weighted by Gasteiger charge is 2.04. The molecule has 1 unspecified atom stereocenters. The summed E-state index contributed by atoms with van der Waals surface area (Å²) in [4.78, 5) is 2.27. The molecule has 2 heteroatoms. The topological polar surface area (TPSA) is 12.5 Å². The third-order valence-electron chi connectivity index (χ3n) is 3.67. The first-order valence-electron chi connectivity index (χ1n) is 7.51. The van der Waals surface area contributed by atoms with Gasteiger partial charge in [-0.25, -0.2) is 0 Å². The second-order valence-electron chi connectivity index (χ2n) is 5.55. The molecule has 0 saturated heterocycles. The molecular weight excluding hydrogens is 234 g/mol. The molecule has 0 saturated carbocycles. The second kappa shape index (κ2) is 8.98. The van der Waals surface area contributed by atoms with Crippen LogP contribution in [-0.2, 0) is 6.42 Å². The highest BCUT2D eigenvalue weighted by Crippen LogP contribution is 2.15. The van der Waals surface area contributed by atoms with Gasteiger partial charge in [0, 0.05) is 6.04 Å². The first-order chi connectivity index (χ1) is 9.13. The van der Waals surface area contributed by atoms with Crippen LogP contribution in [0.3, 0.4) is 0 Å². The fourth-order valence-corrected chi connectivity index (χ4v) is 1.93. The van der Waals surface area contributed by atoms with E-state index in [4.69, 9.17) is 4.74 Å². The Kier molecular flexibility index (Phi) is 7.57. The number of aryl methyl sites for hydroxylation is 1. The molecule has 0 aliphatic carbocycles. The average molecular weight is 263 g/mol. The zero-order chi connectivity index (χ0) is 14.1. The second-order valence-corrected chi connectivity index (χ2v) is 5.55. The predicted octanol–water partition coefficient (Wildman–Crippen LogP) is 4.14. The van der Waals surface area contributed by atoms with E-state index in [0.29, 0.717) is 6.04 Å². The molecule has 0 N–H and O–H groups in total. The smallest absolute Gasteiger partial charge is 0.119 e. The van der Waals surface area contributed by atoms with Crippen LogP contribution in [-0.4, -0.2) is 31.6 Å². The summed E-state index contributed by atoms with van der Waals surface area (Å²) in [5.41, 5.74) is 1.40. The number of hydrogen-bond donors (Lipinski definition) is 0. The first kappa shape index (κ1) is 16.0. The minimum Gasteiger partial charge on any atom is -0.494 e. The van der Waals surface area contributed by atoms with Crippen molar-refractivity contribution < 1.29 is 4.74 Å². The minimum atomic E-state index is 0.630. The van der Waals surface area contributed by atoms with Crippen LogP contribution >= 0.6 is 0 Å². The number of hydrogen-bond acceptors (Lipinski definition) is 2. The van der Waals surface area contributed by atoms with E-state index in [-0.39, 0.29) is 0 Å². The minimum absolute atomic E-state index is 0.630. The molecule has 0 radical (unpaired) electrons. The molecule has 0 spiro atoms. The van der Waals surface area contributed by atoms with E-state index in [0.717, 1.165) is 25.2 Å². The van der Waals surface area contributed by atoms with Gasteiger partial charge in [-0.1, -0.05) is 31.9 Å². The number of unbranched alkanes of at least 4 members (excludes halogenated alkanes) is 2. The van der Waals surface area contributed by atoms with Crippen molar-refractivity contribution in [2.45, 2.75) is 52.0 Å². The largest absolute Gasteiger partial charge is 0.494 e. The number of ether oxygens (including phenoxy) is 1. The Balaban J connectivity index is 2.31. The van der Waals surface area contributed by atoms with Gasteiger partial charge < -0.3 is 9.64 Å². The van der Waals surface area contributed by atoms with Crippen LogP contribution in [0, 0.1) is 0 Å². The van der Waals surface area contributed by atoms with E-state index in [1.54, 1.807) is 0 Å². The third-order valence-corrected chi connectivity index (χ3v) is 3.67. The van der Waals surface area contributed by atoms with E-state index < -0.39 is 0 Å². The summed E-state index contributed by atoms with van der Waals surface area (Å²) in [7, 11) is 4.27. The molecule has 0 aromatic heterocycles. The van der Waals surface area contributed by atoms with E-state index in [2.05, 4.69) is 57.1 Å². The molecule has 1 aromatic carbocycles. The van der Waals surface area contributed by atoms with Crippen LogP contribution < -0.4 is 4.74 Å². The lowest BCUT2D eigenvalue weighted by atomic mass is 10.1. The van der Waals surface area contributed by atoms with Gasteiger partial charge in [-0.15, -0.1) is 0 Å². The Hall–Kier alpha value is -1.02. The van der Waals surface area contributed by atoms with Crippen LogP contribution in [0.15, 0.2) is 24.3 Å². The average Bonchev–Trinajstić information content (AvgIpc) is 2.42. The normalized spacial score (nSPS) is 12.7. The van der Waals surface area contributed by atoms with E-state index in [1.807, 2.05) is 0 Å². The van der Waals surface area contributed by atoms with E-state index >= 15 is 0 Å². The van der Waals surface area contributed by atoms with E-state index in [9.17, 15) is 0 Å². The van der Waals surface area contributed by atoms with Gasteiger partial charge in [0.2, 0.25) is 0 Å². The van der Waals surface area contributed by atoms with Gasteiger partial charge in [-0.05, 0) is 58.0 Å². The molecule has 0 amide bonds. The molecule has 1 atom stereocenters. The molecule has 0 aliphatic heterocycles. The summed E-state index contributed by atoms with van der Waals surface area (Å²) in [5.74, 6) is 1.00. The van der Waals surface area contributed by atoms with Crippen molar-refractivity contribution >= 4 is 0 Å². The molecule has 0 heterocycles. The maximum Gasteiger partial charge on any atom is 0.119 e. The maximum atomic E-state index is 5.72. The quantitative estimate of drug-likeness (QED) is 0.621. The highest BCUT2D eigenvalue weighted by molar-refractivity contribution is 5.27. The van der Waals surface area contributed by atoms with Crippen LogP contribution in [0.1, 0.15) is 45.1 Å². The summed E-state index contributed by atoms with van der Waals surface area (Å²) >= 11 is 0. The molecule has 19 heavy (non-hydrogen) atoms. The van der Waals surface area contributed by atoms with Crippen LogP contribution in [0.25, 0.3) is 0 Å². The number of rotatable bonds is 9. The zero-order valence-electron chi connectivity index (χ0n) is 13.0. The van der Waals surface area contributed by atoms with Gasteiger partial charge in [0.15, 0.2) is 0 Å². The van der Waals surface area contributed by atoms with Crippen molar-refractivity contribution in [2.75, 3.05) is 20.7 Å². The Bertz CT molecular complexity index is 332. The summed E-state index contributed by atoms with van der Waals surface area (Å²) in [5, 5.41) is 0. The Morgan fingerprint density at radius 1 is 1.11 bits per heavy atom. The monoisotopic (exact) mass is 263 g/mol. The zero-order valence-corrected chi connectivity index (χ0v) is 13.0. The molecular formula is C17H29NO. The van der Waals surface area contributed by atoms with Gasteiger partial charge >= 0.3 is 0 Å². The van der Waals surface area contributed by atoms with Crippen LogP contribution in [0.4, 0.5) is 0 Å². The van der Waals surface area contributed by atoms with Crippen LogP contribution in [0.2, 0.25) is 0 Å². The van der Waals surface area contributed by atoms with Crippen molar-refractivity contribution in [3.05, 3.63) is 29.8 Å². The van der Waals surface area contributed by atoms with Crippen molar-refractivity contribution in [2.24, 2.45) is 0 Å². The van der Waals surface area contributed by atoms with Gasteiger partial charge in [0.1, 0.15) is 5.75 Å². The molecule has 0 fully saturated rings. The molecule has 2 nitrogen and oxygen atoms in total.